The lowest BCUT2D eigenvalue weighted by Gasteiger charge is -2.26. The molecule has 1 fully saturated rings. The summed E-state index contributed by atoms with van der Waals surface area (Å²) in [4.78, 5) is 6.86. The number of hydrogen-bond donors (Lipinski definition) is 2. The minimum absolute atomic E-state index is 0. The van der Waals surface area contributed by atoms with Crippen molar-refractivity contribution in [1.82, 2.24) is 4.90 Å². The average molecular weight is 496 g/mol. The molecule has 2 aromatic rings. The fourth-order valence-corrected chi connectivity index (χ4v) is 3.05. The van der Waals surface area contributed by atoms with Gasteiger partial charge in [-0.1, -0.05) is 42.5 Å². The van der Waals surface area contributed by atoms with E-state index in [2.05, 4.69) is 39.5 Å². The Hall–Kier alpha value is -1.68. The van der Waals surface area contributed by atoms with Gasteiger partial charge in [-0.2, -0.15) is 0 Å². The van der Waals surface area contributed by atoms with E-state index in [-0.39, 0.29) is 24.0 Å². The van der Waals surface area contributed by atoms with Crippen molar-refractivity contribution in [3.63, 3.8) is 0 Å². The maximum Gasteiger partial charge on any atom is 0.193 e. The van der Waals surface area contributed by atoms with Gasteiger partial charge in [0, 0.05) is 38.0 Å². The number of para-hydroxylation sites is 1. The van der Waals surface area contributed by atoms with Crippen molar-refractivity contribution in [1.29, 1.82) is 0 Å². The molecule has 0 atom stereocenters. The summed E-state index contributed by atoms with van der Waals surface area (Å²) in [5.41, 5.74) is 10.5. The van der Waals surface area contributed by atoms with Crippen LogP contribution in [0.4, 0.5) is 5.69 Å². The minimum Gasteiger partial charge on any atom is -0.380 e. The molecule has 0 radical (unpaired) electrons. The molecule has 152 valence electrons. The van der Waals surface area contributed by atoms with E-state index in [9.17, 15) is 0 Å². The lowest BCUT2D eigenvalue weighted by atomic mass is 10.1. The van der Waals surface area contributed by atoms with Crippen LogP contribution in [0.5, 0.6) is 0 Å². The average Bonchev–Trinajstić information content (AvgIpc) is 2.70. The Labute approximate surface area is 184 Å². The number of guanidine groups is 1. The first kappa shape index (κ1) is 22.6. The Kier molecular flexibility index (Phi) is 9.69. The van der Waals surface area contributed by atoms with E-state index in [4.69, 9.17) is 15.2 Å². The first-order chi connectivity index (χ1) is 13.2. The van der Waals surface area contributed by atoms with Gasteiger partial charge in [0.25, 0.3) is 0 Å². The molecule has 0 bridgehead atoms. The summed E-state index contributed by atoms with van der Waals surface area (Å²) in [5, 5.41) is 3.16. The zero-order valence-electron chi connectivity index (χ0n) is 16.3. The fourth-order valence-electron chi connectivity index (χ4n) is 3.05. The number of rotatable bonds is 7. The van der Waals surface area contributed by atoms with Gasteiger partial charge in [-0.25, -0.2) is 4.99 Å². The Balaban J connectivity index is 0.00000280. The molecule has 0 aliphatic carbocycles. The van der Waals surface area contributed by atoms with Crippen molar-refractivity contribution in [2.24, 2.45) is 10.7 Å². The summed E-state index contributed by atoms with van der Waals surface area (Å²) in [6, 6.07) is 16.5. The van der Waals surface area contributed by atoms with Crippen LogP contribution < -0.4 is 11.1 Å². The van der Waals surface area contributed by atoms with Gasteiger partial charge in [-0.15, -0.1) is 24.0 Å². The number of nitrogens with zero attached hydrogens (tertiary/aromatic N) is 2. The third-order valence-corrected chi connectivity index (χ3v) is 4.54. The normalized spacial score (nSPS) is 15.1. The van der Waals surface area contributed by atoms with E-state index in [1.54, 1.807) is 7.11 Å². The van der Waals surface area contributed by atoms with Gasteiger partial charge in [0.15, 0.2) is 5.96 Å². The summed E-state index contributed by atoms with van der Waals surface area (Å²) in [6.07, 6.45) is 0. The van der Waals surface area contributed by atoms with Crippen molar-refractivity contribution in [2.45, 2.75) is 19.7 Å². The number of benzene rings is 2. The molecule has 1 heterocycles. The number of methoxy groups -OCH3 is 1. The molecule has 3 rings (SSSR count). The topological polar surface area (TPSA) is 72.1 Å². The largest absolute Gasteiger partial charge is 0.380 e. The molecule has 0 saturated carbocycles. The molecule has 2 aromatic carbocycles. The Bertz CT molecular complexity index is 746. The van der Waals surface area contributed by atoms with E-state index in [1.165, 1.54) is 5.56 Å². The van der Waals surface area contributed by atoms with Gasteiger partial charge in [0.05, 0.1) is 26.4 Å². The summed E-state index contributed by atoms with van der Waals surface area (Å²) in [7, 11) is 1.68. The molecule has 0 spiro atoms. The predicted molar refractivity (Wildman–Crippen MR) is 124 cm³/mol. The van der Waals surface area contributed by atoms with Crippen molar-refractivity contribution in [3.8, 4) is 0 Å². The van der Waals surface area contributed by atoms with E-state index in [0.29, 0.717) is 19.1 Å². The van der Waals surface area contributed by atoms with Gasteiger partial charge in [-0.05, 0) is 17.2 Å². The van der Waals surface area contributed by atoms with Gasteiger partial charge in [-0.3, -0.25) is 4.90 Å². The first-order valence-corrected chi connectivity index (χ1v) is 9.26. The molecule has 6 nitrogen and oxygen atoms in total. The highest BCUT2D eigenvalue weighted by atomic mass is 127. The molecule has 1 aliphatic heterocycles. The second-order valence-electron chi connectivity index (χ2n) is 6.62. The van der Waals surface area contributed by atoms with Crippen LogP contribution in [-0.4, -0.2) is 44.3 Å². The van der Waals surface area contributed by atoms with E-state index < -0.39 is 0 Å². The number of ether oxygens (including phenoxy) is 2. The maximum atomic E-state index is 6.05. The van der Waals surface area contributed by atoms with Crippen molar-refractivity contribution < 1.29 is 9.47 Å². The van der Waals surface area contributed by atoms with Gasteiger partial charge in [0.1, 0.15) is 0 Å². The molecule has 1 saturated heterocycles. The SMILES string of the molecule is COCc1ccccc1NC(N)=NCc1ccc(CN2CCOCC2)cc1.I. The van der Waals surface area contributed by atoms with Gasteiger partial charge >= 0.3 is 0 Å². The number of nitrogens with one attached hydrogen (secondary N) is 1. The monoisotopic (exact) mass is 496 g/mol. The molecule has 0 aromatic heterocycles. The summed E-state index contributed by atoms with van der Waals surface area (Å²) in [5.74, 6) is 0.399. The lowest BCUT2D eigenvalue weighted by Crippen LogP contribution is -2.35. The van der Waals surface area contributed by atoms with Crippen LogP contribution in [0.3, 0.4) is 0 Å². The molecular weight excluding hydrogens is 467 g/mol. The second kappa shape index (κ2) is 12.0. The smallest absolute Gasteiger partial charge is 0.193 e. The number of hydrogen-bond acceptors (Lipinski definition) is 4. The molecule has 0 amide bonds. The third kappa shape index (κ3) is 7.05. The van der Waals surface area contributed by atoms with E-state index >= 15 is 0 Å². The molecular formula is C21H29IN4O2. The van der Waals surface area contributed by atoms with Crippen molar-refractivity contribution in [3.05, 3.63) is 65.2 Å². The zero-order valence-corrected chi connectivity index (χ0v) is 18.6. The number of aliphatic imine (C=N–C) groups is 1. The van der Waals surface area contributed by atoms with Gasteiger partial charge < -0.3 is 20.5 Å². The van der Waals surface area contributed by atoms with Crippen LogP contribution in [0.15, 0.2) is 53.5 Å². The van der Waals surface area contributed by atoms with Crippen LogP contribution in [0.2, 0.25) is 0 Å². The molecule has 3 N–H and O–H groups in total. The third-order valence-electron chi connectivity index (χ3n) is 4.54. The standard InChI is InChI=1S/C21H28N4O2.HI/c1-26-16-19-4-2-3-5-20(19)24-21(22)23-14-17-6-8-18(9-7-17)15-25-10-12-27-13-11-25;/h2-9H,10-16H2,1H3,(H3,22,23,24);1H. The van der Waals surface area contributed by atoms with E-state index in [1.807, 2.05) is 24.3 Å². The van der Waals surface area contributed by atoms with Crippen LogP contribution in [0, 0.1) is 0 Å². The number of morpholine rings is 1. The maximum absolute atomic E-state index is 6.05. The fraction of sp³-hybridized carbons (Fsp3) is 0.381. The summed E-state index contributed by atoms with van der Waals surface area (Å²) >= 11 is 0. The molecule has 1 aliphatic rings. The number of halogens is 1. The first-order valence-electron chi connectivity index (χ1n) is 9.26. The number of anilines is 1. The van der Waals surface area contributed by atoms with Crippen LogP contribution in [-0.2, 0) is 29.2 Å². The lowest BCUT2D eigenvalue weighted by molar-refractivity contribution is 0.0342. The molecule has 7 heteroatoms. The summed E-state index contributed by atoms with van der Waals surface area (Å²) < 4.78 is 10.6. The zero-order chi connectivity index (χ0) is 18.9. The van der Waals surface area contributed by atoms with Crippen molar-refractivity contribution in [2.75, 3.05) is 38.7 Å². The second-order valence-corrected chi connectivity index (χ2v) is 6.62. The Morgan fingerprint density at radius 3 is 2.50 bits per heavy atom. The van der Waals surface area contributed by atoms with Crippen molar-refractivity contribution >= 4 is 35.6 Å². The highest BCUT2D eigenvalue weighted by Gasteiger charge is 2.10. The minimum atomic E-state index is 0. The van der Waals surface area contributed by atoms with Crippen LogP contribution in [0.25, 0.3) is 0 Å². The van der Waals surface area contributed by atoms with Crippen LogP contribution in [0.1, 0.15) is 16.7 Å². The molecule has 0 unspecified atom stereocenters. The predicted octanol–water partition coefficient (Wildman–Crippen LogP) is 3.21. The summed E-state index contributed by atoms with van der Waals surface area (Å²) in [6.45, 7) is 5.69. The van der Waals surface area contributed by atoms with Gasteiger partial charge in [0.2, 0.25) is 0 Å². The highest BCUT2D eigenvalue weighted by Crippen LogP contribution is 2.15. The molecule has 28 heavy (non-hydrogen) atoms. The Morgan fingerprint density at radius 1 is 1.11 bits per heavy atom. The van der Waals surface area contributed by atoms with Crippen LogP contribution >= 0.6 is 24.0 Å². The quantitative estimate of drug-likeness (QED) is 0.350. The Morgan fingerprint density at radius 2 is 1.79 bits per heavy atom. The van der Waals surface area contributed by atoms with E-state index in [0.717, 1.165) is 49.7 Å². The number of nitrogens with two attached hydrogens (primary N) is 1. The highest BCUT2D eigenvalue weighted by molar-refractivity contribution is 14.0.